The number of nitrogens with one attached hydrogen (secondary N) is 1. The highest BCUT2D eigenvalue weighted by Crippen LogP contribution is 2.32. The van der Waals surface area contributed by atoms with Gasteiger partial charge < -0.3 is 24.5 Å². The Bertz CT molecular complexity index is 1130. The number of methoxy groups -OCH3 is 1. The number of piperidine rings is 1. The molecule has 0 radical (unpaired) electrons. The van der Waals surface area contributed by atoms with E-state index in [0.29, 0.717) is 25.2 Å². The number of aromatic nitrogens is 2. The number of hydrogen-bond acceptors (Lipinski definition) is 5. The first-order valence-electron chi connectivity index (χ1n) is 10.8. The third kappa shape index (κ3) is 3.43. The van der Waals surface area contributed by atoms with E-state index >= 15 is 0 Å². The first-order valence-corrected chi connectivity index (χ1v) is 10.8. The average molecular weight is 421 g/mol. The topological polar surface area (TPSA) is 79.1 Å². The number of likely N-dealkylation sites (tertiary alicyclic amines) is 1. The van der Waals surface area contributed by atoms with Crippen molar-refractivity contribution < 1.29 is 14.6 Å². The van der Waals surface area contributed by atoms with Gasteiger partial charge in [-0.1, -0.05) is 30.3 Å². The number of benzene rings is 1. The van der Waals surface area contributed by atoms with Crippen molar-refractivity contribution in [2.75, 3.05) is 20.2 Å². The zero-order chi connectivity index (χ0) is 21.6. The summed E-state index contributed by atoms with van der Waals surface area (Å²) in [6.07, 6.45) is 4.36. The molecule has 1 aromatic carbocycles. The molecule has 1 fully saturated rings. The monoisotopic (exact) mass is 420 g/mol. The van der Waals surface area contributed by atoms with E-state index in [1.54, 1.807) is 18.2 Å². The van der Waals surface area contributed by atoms with Crippen molar-refractivity contribution in [3.63, 3.8) is 0 Å². The van der Waals surface area contributed by atoms with Gasteiger partial charge in [0.2, 0.25) is 0 Å². The number of β-amino-alcohol motifs (C(OH)–C–C–N with tert-alkyl or cyclic N) is 1. The molecular weight excluding hydrogens is 392 g/mol. The SMILES string of the molecule is CO[C@H](C)c1cccn2cc(C(=O)N3CC[C@]4(Cc5ccccc5CN4)[C@H](O)C3)nc12. The predicted molar refractivity (Wildman–Crippen MR) is 117 cm³/mol. The summed E-state index contributed by atoms with van der Waals surface area (Å²) in [5.74, 6) is -0.148. The zero-order valence-corrected chi connectivity index (χ0v) is 17.9. The second-order valence-electron chi connectivity index (χ2n) is 8.67. The second-order valence-corrected chi connectivity index (χ2v) is 8.67. The third-order valence-electron chi connectivity index (χ3n) is 6.93. The third-order valence-corrected chi connectivity index (χ3v) is 6.93. The number of hydrogen-bond donors (Lipinski definition) is 2. The molecule has 3 atom stereocenters. The van der Waals surface area contributed by atoms with Gasteiger partial charge in [0.15, 0.2) is 0 Å². The van der Waals surface area contributed by atoms with E-state index in [2.05, 4.69) is 22.4 Å². The quantitative estimate of drug-likeness (QED) is 0.680. The Morgan fingerprint density at radius 2 is 2.10 bits per heavy atom. The van der Waals surface area contributed by atoms with Crippen LogP contribution in [0.5, 0.6) is 0 Å². The number of imidazole rings is 1. The Morgan fingerprint density at radius 1 is 1.29 bits per heavy atom. The molecule has 7 heteroatoms. The van der Waals surface area contributed by atoms with Crippen LogP contribution < -0.4 is 5.32 Å². The predicted octanol–water partition coefficient (Wildman–Crippen LogP) is 2.33. The molecule has 3 aromatic rings. The van der Waals surface area contributed by atoms with Crippen LogP contribution in [-0.2, 0) is 17.7 Å². The van der Waals surface area contributed by atoms with Crippen molar-refractivity contribution in [1.29, 1.82) is 0 Å². The fraction of sp³-hybridized carbons (Fsp3) is 0.417. The van der Waals surface area contributed by atoms with Gasteiger partial charge >= 0.3 is 0 Å². The van der Waals surface area contributed by atoms with Gasteiger partial charge in [-0.25, -0.2) is 4.98 Å². The van der Waals surface area contributed by atoms with Gasteiger partial charge in [0.25, 0.3) is 5.91 Å². The number of fused-ring (bicyclic) bond motifs is 2. The molecule has 0 saturated carbocycles. The Morgan fingerprint density at radius 3 is 2.87 bits per heavy atom. The number of carbonyl (C=O) groups is 1. The van der Waals surface area contributed by atoms with Crippen molar-refractivity contribution in [3.05, 3.63) is 71.2 Å². The molecule has 1 amide bonds. The van der Waals surface area contributed by atoms with E-state index in [1.165, 1.54) is 11.1 Å². The smallest absolute Gasteiger partial charge is 0.274 e. The lowest BCUT2D eigenvalue weighted by molar-refractivity contribution is -0.0140. The van der Waals surface area contributed by atoms with Crippen LogP contribution in [0.4, 0.5) is 0 Å². The number of rotatable bonds is 3. The molecule has 0 aliphatic carbocycles. The van der Waals surface area contributed by atoms with Crippen molar-refractivity contribution in [1.82, 2.24) is 19.6 Å². The maximum absolute atomic E-state index is 13.2. The molecule has 0 bridgehead atoms. The normalized spacial score (nSPS) is 24.4. The molecule has 2 aliphatic rings. The minimum absolute atomic E-state index is 0.119. The van der Waals surface area contributed by atoms with Crippen molar-refractivity contribution >= 4 is 11.6 Å². The van der Waals surface area contributed by atoms with Crippen LogP contribution >= 0.6 is 0 Å². The van der Waals surface area contributed by atoms with E-state index in [1.807, 2.05) is 41.8 Å². The van der Waals surface area contributed by atoms with Crippen LogP contribution in [-0.4, -0.2) is 57.1 Å². The first-order chi connectivity index (χ1) is 15.0. The molecule has 4 heterocycles. The molecule has 31 heavy (non-hydrogen) atoms. The van der Waals surface area contributed by atoms with Crippen LogP contribution in [0.15, 0.2) is 48.8 Å². The Labute approximate surface area is 181 Å². The minimum Gasteiger partial charge on any atom is -0.389 e. The molecule has 1 saturated heterocycles. The summed E-state index contributed by atoms with van der Waals surface area (Å²) in [4.78, 5) is 19.6. The summed E-state index contributed by atoms with van der Waals surface area (Å²) in [7, 11) is 1.66. The highest BCUT2D eigenvalue weighted by Gasteiger charge is 2.45. The largest absolute Gasteiger partial charge is 0.389 e. The number of aliphatic hydroxyl groups excluding tert-OH is 1. The lowest BCUT2D eigenvalue weighted by atomic mass is 9.76. The molecule has 2 aromatic heterocycles. The van der Waals surface area contributed by atoms with E-state index in [-0.39, 0.29) is 17.6 Å². The summed E-state index contributed by atoms with van der Waals surface area (Å²) in [5.41, 5.74) is 4.22. The Balaban J connectivity index is 1.35. The molecule has 2 N–H and O–H groups in total. The summed E-state index contributed by atoms with van der Waals surface area (Å²) in [6, 6.07) is 12.2. The molecule has 7 nitrogen and oxygen atoms in total. The van der Waals surface area contributed by atoms with E-state index in [0.717, 1.165) is 24.2 Å². The summed E-state index contributed by atoms with van der Waals surface area (Å²) >= 11 is 0. The fourth-order valence-electron chi connectivity index (χ4n) is 4.89. The van der Waals surface area contributed by atoms with Crippen molar-refractivity contribution in [2.24, 2.45) is 0 Å². The van der Waals surface area contributed by atoms with Crippen molar-refractivity contribution in [3.8, 4) is 0 Å². The van der Waals surface area contributed by atoms with Gasteiger partial charge in [0.1, 0.15) is 11.3 Å². The zero-order valence-electron chi connectivity index (χ0n) is 17.9. The maximum Gasteiger partial charge on any atom is 0.274 e. The van der Waals surface area contributed by atoms with Crippen LogP contribution in [0.2, 0.25) is 0 Å². The molecule has 1 spiro atoms. The maximum atomic E-state index is 13.2. The standard InChI is InChI=1S/C24H28N4O3/c1-16(31-2)19-8-5-10-27-14-20(26-22(19)27)23(30)28-11-9-24(21(29)15-28)12-17-6-3-4-7-18(17)13-25-24/h3-8,10,14,16,21,25,29H,9,11-13,15H2,1-2H3/t16-,21-,24+/m1/s1. The summed E-state index contributed by atoms with van der Waals surface area (Å²) in [6.45, 7) is 3.58. The number of nitrogens with zero attached hydrogens (tertiary/aromatic N) is 3. The summed E-state index contributed by atoms with van der Waals surface area (Å²) in [5, 5.41) is 14.6. The number of amides is 1. The van der Waals surface area contributed by atoms with E-state index < -0.39 is 6.10 Å². The Kier molecular flexibility index (Phi) is 5.04. The number of carbonyl (C=O) groups excluding carboxylic acids is 1. The Hall–Kier alpha value is -2.74. The van der Waals surface area contributed by atoms with Crippen LogP contribution in [0, 0.1) is 0 Å². The van der Waals surface area contributed by atoms with Gasteiger partial charge in [0.05, 0.1) is 17.7 Å². The lowest BCUT2D eigenvalue weighted by Crippen LogP contribution is -2.65. The van der Waals surface area contributed by atoms with E-state index in [4.69, 9.17) is 4.74 Å². The van der Waals surface area contributed by atoms with Crippen LogP contribution in [0.1, 0.15) is 46.6 Å². The van der Waals surface area contributed by atoms with Gasteiger partial charge in [-0.3, -0.25) is 4.79 Å². The molecule has 2 aliphatic heterocycles. The van der Waals surface area contributed by atoms with E-state index in [9.17, 15) is 9.90 Å². The van der Waals surface area contributed by atoms with Crippen molar-refractivity contribution in [2.45, 2.75) is 44.1 Å². The summed E-state index contributed by atoms with van der Waals surface area (Å²) < 4.78 is 7.31. The highest BCUT2D eigenvalue weighted by molar-refractivity contribution is 5.93. The molecule has 0 unspecified atom stereocenters. The average Bonchev–Trinajstić information content (AvgIpc) is 3.24. The minimum atomic E-state index is -0.639. The fourth-order valence-corrected chi connectivity index (χ4v) is 4.89. The second kappa shape index (κ2) is 7.75. The molecular formula is C24H28N4O3. The number of pyridine rings is 1. The number of ether oxygens (including phenoxy) is 1. The molecule has 5 rings (SSSR count). The van der Waals surface area contributed by atoms with Crippen LogP contribution in [0.25, 0.3) is 5.65 Å². The molecule has 162 valence electrons. The van der Waals surface area contributed by atoms with Gasteiger partial charge in [-0.15, -0.1) is 0 Å². The van der Waals surface area contributed by atoms with Gasteiger partial charge in [0, 0.05) is 44.7 Å². The van der Waals surface area contributed by atoms with Gasteiger partial charge in [-0.05, 0) is 37.0 Å². The highest BCUT2D eigenvalue weighted by atomic mass is 16.5. The first kappa shape index (κ1) is 20.2. The van der Waals surface area contributed by atoms with Gasteiger partial charge in [-0.2, -0.15) is 0 Å². The number of aliphatic hydroxyl groups is 1. The van der Waals surface area contributed by atoms with Crippen LogP contribution in [0.3, 0.4) is 0 Å². The lowest BCUT2D eigenvalue weighted by Gasteiger charge is -2.48.